The molecule has 1 rings (SSSR count). The fourth-order valence-corrected chi connectivity index (χ4v) is 2.85. The van der Waals surface area contributed by atoms with Crippen LogP contribution in [0.2, 0.25) is 0 Å². The molecular formula is C8H15N3O3S2. The molecule has 2 atom stereocenters. The van der Waals surface area contributed by atoms with Crippen molar-refractivity contribution >= 4 is 33.1 Å². The number of hydrogen-bond acceptors (Lipinski definition) is 4. The first-order chi connectivity index (χ1) is 7.34. The van der Waals surface area contributed by atoms with Crippen molar-refractivity contribution in [2.75, 3.05) is 6.54 Å². The Hall–Kier alpha value is -0.730. The van der Waals surface area contributed by atoms with Crippen LogP contribution in [-0.2, 0) is 14.8 Å². The fraction of sp³-hybridized carbons (Fsp3) is 0.750. The standard InChI is InChI=1S/C8H15N3O3S2/c1-5(7(9)15)16(13,14)11-6-3-2-4-10-8(6)12/h5-6,11H,2-4H2,1H3,(H2,9,15)(H,10,12). The zero-order chi connectivity index (χ0) is 12.3. The first-order valence-corrected chi connectivity index (χ1v) is 6.88. The van der Waals surface area contributed by atoms with Gasteiger partial charge in [0.05, 0.1) is 4.99 Å². The highest BCUT2D eigenvalue weighted by Crippen LogP contribution is 2.07. The molecule has 0 saturated carbocycles. The van der Waals surface area contributed by atoms with E-state index in [0.29, 0.717) is 13.0 Å². The number of carbonyl (C=O) groups excluding carboxylic acids is 1. The van der Waals surface area contributed by atoms with Gasteiger partial charge in [-0.2, -0.15) is 0 Å². The van der Waals surface area contributed by atoms with Gasteiger partial charge in [0.25, 0.3) is 0 Å². The normalized spacial score (nSPS) is 23.6. The SMILES string of the molecule is CC(C(N)=S)S(=O)(=O)NC1CCCNC1=O. The molecule has 0 radical (unpaired) electrons. The molecule has 0 aliphatic carbocycles. The zero-order valence-electron chi connectivity index (χ0n) is 8.89. The van der Waals surface area contributed by atoms with Gasteiger partial charge in [-0.1, -0.05) is 12.2 Å². The highest BCUT2D eigenvalue weighted by Gasteiger charge is 2.30. The minimum atomic E-state index is -3.67. The molecule has 92 valence electrons. The Kier molecular flexibility index (Phi) is 4.22. The van der Waals surface area contributed by atoms with Gasteiger partial charge in [0.2, 0.25) is 15.9 Å². The third-order valence-electron chi connectivity index (χ3n) is 2.46. The summed E-state index contributed by atoms with van der Waals surface area (Å²) in [5, 5.41) is 1.62. The van der Waals surface area contributed by atoms with Gasteiger partial charge in [-0.3, -0.25) is 4.79 Å². The lowest BCUT2D eigenvalue weighted by atomic mass is 10.1. The monoisotopic (exact) mass is 265 g/mol. The second-order valence-electron chi connectivity index (χ2n) is 3.69. The Bertz CT molecular complexity index is 393. The number of nitrogens with two attached hydrogens (primary N) is 1. The van der Waals surface area contributed by atoms with E-state index < -0.39 is 21.3 Å². The van der Waals surface area contributed by atoms with Gasteiger partial charge in [-0.25, -0.2) is 13.1 Å². The number of rotatable bonds is 4. The van der Waals surface area contributed by atoms with Crippen LogP contribution in [0.1, 0.15) is 19.8 Å². The second kappa shape index (κ2) is 5.07. The summed E-state index contributed by atoms with van der Waals surface area (Å²) in [4.78, 5) is 11.3. The first kappa shape index (κ1) is 13.3. The van der Waals surface area contributed by atoms with Gasteiger partial charge >= 0.3 is 0 Å². The summed E-state index contributed by atoms with van der Waals surface area (Å²) in [6.45, 7) is 1.98. The van der Waals surface area contributed by atoms with E-state index in [9.17, 15) is 13.2 Å². The first-order valence-electron chi connectivity index (χ1n) is 4.93. The van der Waals surface area contributed by atoms with E-state index >= 15 is 0 Å². The summed E-state index contributed by atoms with van der Waals surface area (Å²) >= 11 is 4.62. The van der Waals surface area contributed by atoms with Crippen molar-refractivity contribution < 1.29 is 13.2 Å². The van der Waals surface area contributed by atoms with Crippen LogP contribution in [0.15, 0.2) is 0 Å². The minimum absolute atomic E-state index is 0.108. The van der Waals surface area contributed by atoms with Crippen LogP contribution in [0, 0.1) is 0 Å². The summed E-state index contributed by atoms with van der Waals surface area (Å²) in [5.74, 6) is -0.301. The fourth-order valence-electron chi connectivity index (χ4n) is 1.34. The Morgan fingerprint density at radius 3 is 2.81 bits per heavy atom. The third-order valence-corrected chi connectivity index (χ3v) is 4.76. The Labute approximate surface area is 100 Å². The van der Waals surface area contributed by atoms with Crippen molar-refractivity contribution in [3.63, 3.8) is 0 Å². The van der Waals surface area contributed by atoms with Gasteiger partial charge in [0.1, 0.15) is 11.3 Å². The van der Waals surface area contributed by atoms with Gasteiger partial charge < -0.3 is 11.1 Å². The van der Waals surface area contributed by atoms with E-state index in [4.69, 9.17) is 5.73 Å². The third kappa shape index (κ3) is 3.13. The molecule has 0 aromatic heterocycles. The molecule has 0 aromatic carbocycles. The molecule has 1 aliphatic heterocycles. The molecule has 1 fully saturated rings. The van der Waals surface area contributed by atoms with Gasteiger partial charge in [0.15, 0.2) is 0 Å². The lowest BCUT2D eigenvalue weighted by Gasteiger charge is -2.24. The lowest BCUT2D eigenvalue weighted by molar-refractivity contribution is -0.124. The maximum absolute atomic E-state index is 11.7. The lowest BCUT2D eigenvalue weighted by Crippen LogP contribution is -2.53. The van der Waals surface area contributed by atoms with Crippen molar-refractivity contribution in [2.45, 2.75) is 31.1 Å². The largest absolute Gasteiger partial charge is 0.392 e. The second-order valence-corrected chi connectivity index (χ2v) is 6.20. The molecular weight excluding hydrogens is 250 g/mol. The van der Waals surface area contributed by atoms with Gasteiger partial charge in [-0.15, -0.1) is 0 Å². The van der Waals surface area contributed by atoms with Crippen LogP contribution in [0.25, 0.3) is 0 Å². The highest BCUT2D eigenvalue weighted by atomic mass is 32.2. The number of carbonyl (C=O) groups is 1. The number of thiocarbonyl (C=S) groups is 1. The minimum Gasteiger partial charge on any atom is -0.392 e. The quantitative estimate of drug-likeness (QED) is 0.558. The number of sulfonamides is 1. The molecule has 4 N–H and O–H groups in total. The molecule has 16 heavy (non-hydrogen) atoms. The van der Waals surface area contributed by atoms with Gasteiger partial charge in [-0.05, 0) is 19.8 Å². The molecule has 0 bridgehead atoms. The molecule has 1 aliphatic rings. The van der Waals surface area contributed by atoms with E-state index in [2.05, 4.69) is 22.3 Å². The number of nitrogens with one attached hydrogen (secondary N) is 2. The topological polar surface area (TPSA) is 101 Å². The van der Waals surface area contributed by atoms with E-state index in [1.54, 1.807) is 0 Å². The number of amides is 1. The summed E-state index contributed by atoms with van der Waals surface area (Å²) in [5.41, 5.74) is 5.27. The molecule has 1 saturated heterocycles. The Balaban J connectivity index is 2.72. The molecule has 0 spiro atoms. The van der Waals surface area contributed by atoms with Crippen molar-refractivity contribution in [1.82, 2.24) is 10.0 Å². The maximum atomic E-state index is 11.7. The maximum Gasteiger partial charge on any atom is 0.238 e. The predicted octanol–water partition coefficient (Wildman–Crippen LogP) is -1.14. The summed E-state index contributed by atoms with van der Waals surface area (Å²) in [6, 6.07) is -0.712. The molecule has 8 heteroatoms. The average molecular weight is 265 g/mol. The van der Waals surface area contributed by atoms with Crippen molar-refractivity contribution in [3.05, 3.63) is 0 Å². The Morgan fingerprint density at radius 1 is 1.69 bits per heavy atom. The number of hydrogen-bond donors (Lipinski definition) is 3. The predicted molar refractivity (Wildman–Crippen MR) is 64.3 cm³/mol. The van der Waals surface area contributed by atoms with Crippen LogP contribution in [0.5, 0.6) is 0 Å². The van der Waals surface area contributed by atoms with Crippen LogP contribution in [0.4, 0.5) is 0 Å². The smallest absolute Gasteiger partial charge is 0.238 e. The summed E-state index contributed by atoms with van der Waals surface area (Å²) in [6.07, 6.45) is 1.25. The van der Waals surface area contributed by atoms with Crippen LogP contribution in [-0.4, -0.2) is 37.2 Å². The van der Waals surface area contributed by atoms with E-state index in [1.165, 1.54) is 6.92 Å². The van der Waals surface area contributed by atoms with E-state index in [1.807, 2.05) is 0 Å². The molecule has 0 aromatic rings. The number of piperidine rings is 1. The molecule has 1 heterocycles. The van der Waals surface area contributed by atoms with Crippen LogP contribution >= 0.6 is 12.2 Å². The van der Waals surface area contributed by atoms with Crippen LogP contribution in [0.3, 0.4) is 0 Å². The highest BCUT2D eigenvalue weighted by molar-refractivity contribution is 7.93. The zero-order valence-corrected chi connectivity index (χ0v) is 10.5. The van der Waals surface area contributed by atoms with Crippen molar-refractivity contribution in [2.24, 2.45) is 5.73 Å². The van der Waals surface area contributed by atoms with Crippen molar-refractivity contribution in [3.8, 4) is 0 Å². The van der Waals surface area contributed by atoms with Crippen LogP contribution < -0.4 is 15.8 Å². The average Bonchev–Trinajstić information content (AvgIpc) is 2.20. The molecule has 2 unspecified atom stereocenters. The Morgan fingerprint density at radius 2 is 2.31 bits per heavy atom. The summed E-state index contributed by atoms with van der Waals surface area (Å²) < 4.78 is 25.8. The van der Waals surface area contributed by atoms with Crippen molar-refractivity contribution in [1.29, 1.82) is 0 Å². The van der Waals surface area contributed by atoms with Gasteiger partial charge in [0, 0.05) is 6.54 Å². The summed E-state index contributed by atoms with van der Waals surface area (Å²) in [7, 11) is -3.67. The van der Waals surface area contributed by atoms with E-state index in [-0.39, 0.29) is 10.9 Å². The molecule has 1 amide bonds. The molecule has 6 nitrogen and oxygen atoms in total. The van der Waals surface area contributed by atoms with E-state index in [0.717, 1.165) is 6.42 Å².